The first-order chi connectivity index (χ1) is 12.9. The van der Waals surface area contributed by atoms with Gasteiger partial charge in [0.15, 0.2) is 0 Å². The van der Waals surface area contributed by atoms with Crippen LogP contribution in [0.2, 0.25) is 0 Å². The highest BCUT2D eigenvalue weighted by molar-refractivity contribution is 6.03. The van der Waals surface area contributed by atoms with Crippen molar-refractivity contribution < 1.29 is 0 Å². The van der Waals surface area contributed by atoms with Crippen LogP contribution in [0.4, 0.5) is 0 Å². The molecule has 0 fully saturated rings. The smallest absolute Gasteiger partial charge is 0.0714 e. The number of rotatable bonds is 4. The van der Waals surface area contributed by atoms with Crippen molar-refractivity contribution >= 4 is 11.1 Å². The summed E-state index contributed by atoms with van der Waals surface area (Å²) in [7, 11) is 0. The Balaban J connectivity index is 2.09. The number of benzene rings is 3. The van der Waals surface area contributed by atoms with Gasteiger partial charge in [-0.25, -0.2) is 0 Å². The average Bonchev–Trinajstić information content (AvgIpc) is 2.74. The van der Waals surface area contributed by atoms with E-state index < -0.39 is 0 Å². The quantitative estimate of drug-likeness (QED) is 0.412. The average molecular weight is 333 g/mol. The van der Waals surface area contributed by atoms with Crippen LogP contribution in [0.5, 0.6) is 0 Å². The molecule has 0 unspecified atom stereocenters. The molecule has 0 aliphatic carbocycles. The van der Waals surface area contributed by atoms with Crippen LogP contribution in [0.3, 0.4) is 0 Å². The highest BCUT2D eigenvalue weighted by atomic mass is 14.7. The predicted octanol–water partition coefficient (Wildman–Crippen LogP) is 6.09. The fourth-order valence-electron chi connectivity index (χ4n) is 3.20. The lowest BCUT2D eigenvalue weighted by Crippen LogP contribution is -1.98. The monoisotopic (exact) mass is 333 g/mol. The van der Waals surface area contributed by atoms with Crippen molar-refractivity contribution in [2.24, 2.45) is 0 Å². The summed E-state index contributed by atoms with van der Waals surface area (Å²) in [6.45, 7) is 0. The molecule has 124 valence electrons. The highest BCUT2D eigenvalue weighted by Crippen LogP contribution is 2.35. The normalized spacial score (nSPS) is 10.3. The topological polar surface area (TPSA) is 12.9 Å². The molecule has 0 N–H and O–H groups in total. The molecule has 0 bridgehead atoms. The van der Waals surface area contributed by atoms with Gasteiger partial charge in [-0.2, -0.15) is 0 Å². The first kappa shape index (κ1) is 16.0. The summed E-state index contributed by atoms with van der Waals surface area (Å²) in [5.41, 5.74) is 6.83. The van der Waals surface area contributed by atoms with Gasteiger partial charge in [-0.15, -0.1) is 0 Å². The van der Waals surface area contributed by atoms with E-state index in [0.29, 0.717) is 0 Å². The van der Waals surface area contributed by atoms with Crippen molar-refractivity contribution in [1.82, 2.24) is 4.98 Å². The Morgan fingerprint density at radius 1 is 0.423 bits per heavy atom. The van der Waals surface area contributed by atoms with Crippen LogP contribution in [-0.2, 0) is 0 Å². The Kier molecular flexibility index (Phi) is 4.70. The molecule has 3 aromatic carbocycles. The molecule has 0 saturated heterocycles. The van der Waals surface area contributed by atoms with Gasteiger partial charge in [-0.3, -0.25) is 4.98 Å². The summed E-state index contributed by atoms with van der Waals surface area (Å²) >= 11 is 0. The minimum absolute atomic E-state index is 0.974. The zero-order valence-electron chi connectivity index (χ0n) is 14.4. The van der Waals surface area contributed by atoms with Crippen molar-refractivity contribution in [3.05, 3.63) is 138 Å². The molecule has 0 aliphatic rings. The maximum absolute atomic E-state index is 4.67. The van der Waals surface area contributed by atoms with E-state index in [9.17, 15) is 0 Å². The minimum Gasteiger partial charge on any atom is -0.256 e. The maximum atomic E-state index is 4.67. The Bertz CT molecular complexity index is 821. The Morgan fingerprint density at radius 2 is 0.846 bits per heavy atom. The van der Waals surface area contributed by atoms with Crippen LogP contribution in [0.15, 0.2) is 115 Å². The van der Waals surface area contributed by atoms with E-state index >= 15 is 0 Å². The summed E-state index contributed by atoms with van der Waals surface area (Å²) in [6.07, 6.45) is 1.85. The van der Waals surface area contributed by atoms with Crippen molar-refractivity contribution in [1.29, 1.82) is 0 Å². The lowest BCUT2D eigenvalue weighted by molar-refractivity contribution is 1.27. The fourth-order valence-corrected chi connectivity index (χ4v) is 3.20. The van der Waals surface area contributed by atoms with Gasteiger partial charge in [0.2, 0.25) is 0 Å². The van der Waals surface area contributed by atoms with Crippen molar-refractivity contribution in [2.45, 2.75) is 0 Å². The van der Waals surface area contributed by atoms with Crippen LogP contribution in [0.1, 0.15) is 22.4 Å². The van der Waals surface area contributed by atoms with Crippen molar-refractivity contribution in [3.63, 3.8) is 0 Å². The van der Waals surface area contributed by atoms with Crippen molar-refractivity contribution in [3.8, 4) is 0 Å². The zero-order valence-corrected chi connectivity index (χ0v) is 14.4. The number of hydrogen-bond donors (Lipinski definition) is 0. The predicted molar refractivity (Wildman–Crippen MR) is 109 cm³/mol. The van der Waals surface area contributed by atoms with Gasteiger partial charge in [-0.05, 0) is 34.4 Å². The summed E-state index contributed by atoms with van der Waals surface area (Å²) in [5.74, 6) is 0. The van der Waals surface area contributed by atoms with Crippen LogP contribution >= 0.6 is 0 Å². The Hall–Kier alpha value is -3.45. The Morgan fingerprint density at radius 3 is 1.27 bits per heavy atom. The lowest BCUT2D eigenvalue weighted by atomic mass is 9.87. The van der Waals surface area contributed by atoms with Gasteiger partial charge >= 0.3 is 0 Å². The molecule has 1 aromatic heterocycles. The molecular formula is C25H19N. The summed E-state index contributed by atoms with van der Waals surface area (Å²) < 4.78 is 0. The minimum atomic E-state index is 0.974. The molecule has 4 aromatic rings. The van der Waals surface area contributed by atoms with E-state index in [2.05, 4.69) is 96.0 Å². The molecule has 0 spiro atoms. The van der Waals surface area contributed by atoms with Crippen molar-refractivity contribution in [2.75, 3.05) is 0 Å². The fraction of sp³-hybridized carbons (Fsp3) is 0. The first-order valence-electron chi connectivity index (χ1n) is 8.75. The second-order valence-electron chi connectivity index (χ2n) is 6.06. The summed E-state index contributed by atoms with van der Waals surface area (Å²) in [5, 5.41) is 0. The molecule has 1 nitrogen and oxygen atoms in total. The molecule has 0 amide bonds. The van der Waals surface area contributed by atoms with E-state index in [1.165, 1.54) is 16.7 Å². The molecule has 1 heterocycles. The lowest BCUT2D eigenvalue weighted by Gasteiger charge is -2.17. The first-order valence-corrected chi connectivity index (χ1v) is 8.75. The van der Waals surface area contributed by atoms with Gasteiger partial charge < -0.3 is 0 Å². The SMILES string of the molecule is c1ccc(C(=C(c2ccccc2)c2ccccn2)c2ccccc2)cc1. The molecule has 0 atom stereocenters. The van der Waals surface area contributed by atoms with Crippen LogP contribution in [0.25, 0.3) is 11.1 Å². The third kappa shape index (κ3) is 3.33. The molecule has 26 heavy (non-hydrogen) atoms. The molecule has 0 aliphatic heterocycles. The van der Waals surface area contributed by atoms with E-state index in [1.54, 1.807) is 0 Å². The second kappa shape index (κ2) is 7.62. The van der Waals surface area contributed by atoms with Crippen LogP contribution < -0.4 is 0 Å². The van der Waals surface area contributed by atoms with Gasteiger partial charge in [0.25, 0.3) is 0 Å². The Labute approximate surface area is 154 Å². The van der Waals surface area contributed by atoms with Gasteiger partial charge in [-0.1, -0.05) is 97.1 Å². The highest BCUT2D eigenvalue weighted by Gasteiger charge is 2.16. The summed E-state index contributed by atoms with van der Waals surface area (Å²) in [6, 6.07) is 37.6. The largest absolute Gasteiger partial charge is 0.256 e. The zero-order chi connectivity index (χ0) is 17.6. The third-order valence-corrected chi connectivity index (χ3v) is 4.36. The number of hydrogen-bond acceptors (Lipinski definition) is 1. The molecular weight excluding hydrogens is 314 g/mol. The number of pyridine rings is 1. The van der Waals surface area contributed by atoms with Crippen LogP contribution in [-0.4, -0.2) is 4.98 Å². The number of nitrogens with zero attached hydrogens (tertiary/aromatic N) is 1. The molecule has 0 radical (unpaired) electrons. The molecule has 0 saturated carbocycles. The second-order valence-corrected chi connectivity index (χ2v) is 6.06. The molecule has 4 rings (SSSR count). The van der Waals surface area contributed by atoms with Crippen LogP contribution in [0, 0.1) is 0 Å². The summed E-state index contributed by atoms with van der Waals surface area (Å²) in [4.78, 5) is 4.67. The van der Waals surface area contributed by atoms with E-state index in [4.69, 9.17) is 0 Å². The van der Waals surface area contributed by atoms with Gasteiger partial charge in [0.1, 0.15) is 0 Å². The maximum Gasteiger partial charge on any atom is 0.0714 e. The third-order valence-electron chi connectivity index (χ3n) is 4.36. The van der Waals surface area contributed by atoms with Gasteiger partial charge in [0.05, 0.1) is 5.69 Å². The number of aromatic nitrogens is 1. The van der Waals surface area contributed by atoms with E-state index in [0.717, 1.165) is 16.8 Å². The molecule has 1 heteroatoms. The standard InChI is InChI=1S/C25H19N/c1-4-12-20(13-5-1)24(21-14-6-2-7-15-21)25(22-16-8-3-9-17-22)23-18-10-11-19-26-23/h1-19H. The van der Waals surface area contributed by atoms with E-state index in [-0.39, 0.29) is 0 Å². The van der Waals surface area contributed by atoms with Gasteiger partial charge in [0, 0.05) is 11.8 Å². The van der Waals surface area contributed by atoms with E-state index in [1.807, 2.05) is 24.4 Å².